The highest BCUT2D eigenvalue weighted by Gasteiger charge is 2.18. The van der Waals surface area contributed by atoms with Crippen molar-refractivity contribution in [2.24, 2.45) is 0 Å². The number of hydrogen-bond donors (Lipinski definition) is 0. The van der Waals surface area contributed by atoms with Gasteiger partial charge in [-0.05, 0) is 30.7 Å². The Hall–Kier alpha value is -3.39. The van der Waals surface area contributed by atoms with Crippen LogP contribution in [0.5, 0.6) is 11.5 Å². The molecule has 0 bridgehead atoms. The summed E-state index contributed by atoms with van der Waals surface area (Å²) in [5.41, 5.74) is 3.17. The minimum atomic E-state index is 0.134. The van der Waals surface area contributed by atoms with Gasteiger partial charge < -0.3 is 14.4 Å². The molecule has 4 rings (SSSR count). The highest BCUT2D eigenvalue weighted by molar-refractivity contribution is 5.79. The van der Waals surface area contributed by atoms with E-state index in [0.717, 1.165) is 42.3 Å². The zero-order chi connectivity index (χ0) is 23.0. The number of rotatable bonds is 6. The van der Waals surface area contributed by atoms with Crippen molar-refractivity contribution in [2.45, 2.75) is 26.4 Å². The molecule has 0 unspecified atom stereocenters. The number of benzene rings is 2. The van der Waals surface area contributed by atoms with Crippen molar-refractivity contribution in [1.82, 2.24) is 24.6 Å². The SMILES string of the molecule is CCN1CCN(Cc2ccc(OC)c(Cn3cncn3)c2)CCOc2ccccc2CC1=O. The first-order valence-electron chi connectivity index (χ1n) is 11.3. The van der Waals surface area contributed by atoms with E-state index < -0.39 is 0 Å². The molecular formula is C25H31N5O3. The number of likely N-dealkylation sites (N-methyl/N-ethyl adjacent to an activating group) is 1. The lowest BCUT2D eigenvalue weighted by Crippen LogP contribution is -2.39. The zero-order valence-corrected chi connectivity index (χ0v) is 19.3. The molecule has 1 aliphatic rings. The largest absolute Gasteiger partial charge is 0.496 e. The van der Waals surface area contributed by atoms with Crippen LogP contribution >= 0.6 is 0 Å². The van der Waals surface area contributed by atoms with Crippen molar-refractivity contribution in [2.75, 3.05) is 39.9 Å². The number of methoxy groups -OCH3 is 1. The molecule has 0 atom stereocenters. The van der Waals surface area contributed by atoms with Gasteiger partial charge in [-0.2, -0.15) is 5.10 Å². The van der Waals surface area contributed by atoms with E-state index >= 15 is 0 Å². The lowest BCUT2D eigenvalue weighted by molar-refractivity contribution is -0.130. The molecule has 33 heavy (non-hydrogen) atoms. The van der Waals surface area contributed by atoms with Gasteiger partial charge in [-0.25, -0.2) is 9.67 Å². The van der Waals surface area contributed by atoms with Crippen LogP contribution in [0.1, 0.15) is 23.6 Å². The summed E-state index contributed by atoms with van der Waals surface area (Å²) in [5.74, 6) is 1.76. The normalized spacial score (nSPS) is 15.5. The van der Waals surface area contributed by atoms with E-state index in [1.165, 1.54) is 11.9 Å². The minimum Gasteiger partial charge on any atom is -0.496 e. The number of nitrogens with zero attached hydrogens (tertiary/aromatic N) is 5. The highest BCUT2D eigenvalue weighted by atomic mass is 16.5. The Morgan fingerprint density at radius 3 is 2.76 bits per heavy atom. The number of amides is 1. The summed E-state index contributed by atoms with van der Waals surface area (Å²) in [4.78, 5) is 21.2. The van der Waals surface area contributed by atoms with Gasteiger partial charge in [-0.1, -0.05) is 24.3 Å². The van der Waals surface area contributed by atoms with Crippen LogP contribution in [0.15, 0.2) is 55.1 Å². The summed E-state index contributed by atoms with van der Waals surface area (Å²) in [6.45, 7) is 6.89. The molecule has 2 heterocycles. The molecule has 8 nitrogen and oxygen atoms in total. The number of carbonyl (C=O) groups is 1. The third-order valence-corrected chi connectivity index (χ3v) is 5.95. The molecule has 1 aromatic heterocycles. The minimum absolute atomic E-state index is 0.134. The molecule has 174 valence electrons. The van der Waals surface area contributed by atoms with E-state index in [1.54, 1.807) is 18.1 Å². The zero-order valence-electron chi connectivity index (χ0n) is 19.3. The number of fused-ring (bicyclic) bond motifs is 1. The van der Waals surface area contributed by atoms with E-state index in [1.807, 2.05) is 42.2 Å². The topological polar surface area (TPSA) is 72.7 Å². The van der Waals surface area contributed by atoms with Crippen molar-refractivity contribution in [3.05, 3.63) is 71.8 Å². The molecule has 0 N–H and O–H groups in total. The lowest BCUT2D eigenvalue weighted by Gasteiger charge is -2.27. The monoisotopic (exact) mass is 449 g/mol. The maximum absolute atomic E-state index is 12.9. The third kappa shape index (κ3) is 5.90. The van der Waals surface area contributed by atoms with Crippen LogP contribution < -0.4 is 9.47 Å². The molecule has 0 radical (unpaired) electrons. The average Bonchev–Trinajstić information content (AvgIpc) is 3.32. The number of hydrogen-bond acceptors (Lipinski definition) is 6. The van der Waals surface area contributed by atoms with Crippen molar-refractivity contribution in [1.29, 1.82) is 0 Å². The Morgan fingerprint density at radius 2 is 1.97 bits per heavy atom. The Labute approximate surface area is 194 Å². The molecular weight excluding hydrogens is 418 g/mol. The summed E-state index contributed by atoms with van der Waals surface area (Å²) in [7, 11) is 1.68. The van der Waals surface area contributed by atoms with E-state index in [-0.39, 0.29) is 5.91 Å². The summed E-state index contributed by atoms with van der Waals surface area (Å²) in [6.07, 6.45) is 3.60. The molecule has 0 fully saturated rings. The molecule has 3 aromatic rings. The van der Waals surface area contributed by atoms with E-state index in [0.29, 0.717) is 32.7 Å². The Balaban J connectivity index is 1.51. The summed E-state index contributed by atoms with van der Waals surface area (Å²) in [6, 6.07) is 14.1. The van der Waals surface area contributed by atoms with Gasteiger partial charge in [-0.15, -0.1) is 0 Å². The quantitative estimate of drug-likeness (QED) is 0.576. The number of aromatic nitrogens is 3. The maximum atomic E-state index is 12.9. The third-order valence-electron chi connectivity index (χ3n) is 5.95. The van der Waals surface area contributed by atoms with Crippen LogP contribution in [0.3, 0.4) is 0 Å². The van der Waals surface area contributed by atoms with E-state index in [2.05, 4.69) is 27.1 Å². The van der Waals surface area contributed by atoms with Gasteiger partial charge in [0.15, 0.2) is 0 Å². The predicted octanol–water partition coefficient (Wildman–Crippen LogP) is 2.62. The van der Waals surface area contributed by atoms with Crippen LogP contribution in [0.4, 0.5) is 0 Å². The standard InChI is InChI=1S/C25H31N5O3/c1-3-29-11-10-28(12-13-33-24-7-5-4-6-21(24)15-25(29)31)16-20-8-9-23(32-2)22(14-20)17-30-19-26-18-27-30/h4-9,14,18-19H,3,10-13,15-17H2,1-2H3. The molecule has 8 heteroatoms. The molecule has 0 aliphatic carbocycles. The predicted molar refractivity (Wildman–Crippen MR) is 125 cm³/mol. The van der Waals surface area contributed by atoms with Crippen molar-refractivity contribution in [3.63, 3.8) is 0 Å². The highest BCUT2D eigenvalue weighted by Crippen LogP contribution is 2.23. The van der Waals surface area contributed by atoms with Crippen molar-refractivity contribution < 1.29 is 14.3 Å². The van der Waals surface area contributed by atoms with Crippen molar-refractivity contribution >= 4 is 5.91 Å². The van der Waals surface area contributed by atoms with Gasteiger partial charge >= 0.3 is 0 Å². The van der Waals surface area contributed by atoms with Crippen LogP contribution in [-0.4, -0.2) is 70.4 Å². The fraction of sp³-hybridized carbons (Fsp3) is 0.400. The molecule has 0 saturated heterocycles. The van der Waals surface area contributed by atoms with E-state index in [9.17, 15) is 4.79 Å². The van der Waals surface area contributed by atoms with Gasteiger partial charge in [0.05, 0.1) is 20.1 Å². The molecule has 0 saturated carbocycles. The fourth-order valence-electron chi connectivity index (χ4n) is 4.14. The van der Waals surface area contributed by atoms with Gasteiger partial charge in [0.2, 0.25) is 5.91 Å². The van der Waals surface area contributed by atoms with Crippen molar-refractivity contribution in [3.8, 4) is 11.5 Å². The lowest BCUT2D eigenvalue weighted by atomic mass is 10.1. The maximum Gasteiger partial charge on any atom is 0.227 e. The van der Waals surface area contributed by atoms with Crippen LogP contribution in [0.2, 0.25) is 0 Å². The number of ether oxygens (including phenoxy) is 2. The van der Waals surface area contributed by atoms with Crippen LogP contribution in [-0.2, 0) is 24.3 Å². The van der Waals surface area contributed by atoms with Gasteiger partial charge in [0.1, 0.15) is 30.8 Å². The van der Waals surface area contributed by atoms with Gasteiger partial charge in [0, 0.05) is 43.9 Å². The average molecular weight is 450 g/mol. The van der Waals surface area contributed by atoms with E-state index in [4.69, 9.17) is 9.47 Å². The van der Waals surface area contributed by atoms with Gasteiger partial charge in [-0.3, -0.25) is 9.69 Å². The summed E-state index contributed by atoms with van der Waals surface area (Å²) >= 11 is 0. The summed E-state index contributed by atoms with van der Waals surface area (Å²) in [5, 5.41) is 4.21. The first-order chi connectivity index (χ1) is 16.2. The number of para-hydroxylation sites is 1. The number of carbonyl (C=O) groups excluding carboxylic acids is 1. The van der Waals surface area contributed by atoms with Gasteiger partial charge in [0.25, 0.3) is 0 Å². The van der Waals surface area contributed by atoms with Crippen LogP contribution in [0.25, 0.3) is 0 Å². The first kappa shape index (κ1) is 22.8. The second-order valence-electron chi connectivity index (χ2n) is 8.12. The molecule has 1 aliphatic heterocycles. The molecule has 0 spiro atoms. The first-order valence-corrected chi connectivity index (χ1v) is 11.3. The smallest absolute Gasteiger partial charge is 0.227 e. The Kier molecular flexibility index (Phi) is 7.57. The molecule has 1 amide bonds. The molecule has 2 aromatic carbocycles. The fourth-order valence-corrected chi connectivity index (χ4v) is 4.14. The summed E-state index contributed by atoms with van der Waals surface area (Å²) < 4.78 is 13.4. The van der Waals surface area contributed by atoms with Crippen LogP contribution in [0, 0.1) is 0 Å². The Morgan fingerprint density at radius 1 is 1.09 bits per heavy atom. The Bertz CT molecular complexity index is 1050. The second kappa shape index (κ2) is 11.0. The second-order valence-corrected chi connectivity index (χ2v) is 8.12.